The number of nitrogens with one attached hydrogen (secondary N) is 1. The Labute approximate surface area is 170 Å². The predicted molar refractivity (Wildman–Crippen MR) is 99.3 cm³/mol. The number of carbonyl (C=O) groups excluding carboxylic acids is 1. The second-order valence-corrected chi connectivity index (χ2v) is 6.19. The largest absolute Gasteiger partial charge is 0.497 e. The number of carbonyl (C=O) groups is 1. The van der Waals surface area contributed by atoms with Crippen molar-refractivity contribution in [2.75, 3.05) is 26.6 Å². The fourth-order valence-electron chi connectivity index (χ4n) is 2.63. The molecule has 2 rings (SSSR count). The van der Waals surface area contributed by atoms with Crippen molar-refractivity contribution < 1.29 is 32.2 Å². The molecular weight excluding hydrogens is 415 g/mol. The Bertz CT molecular complexity index is 865. The van der Waals surface area contributed by atoms with Gasteiger partial charge in [-0.2, -0.15) is 13.2 Å². The van der Waals surface area contributed by atoms with Crippen LogP contribution in [0.2, 0.25) is 5.15 Å². The highest BCUT2D eigenvalue weighted by molar-refractivity contribution is 6.30. The lowest BCUT2D eigenvalue weighted by Gasteiger charge is -2.23. The Hall–Kier alpha value is -2.75. The molecule has 0 spiro atoms. The Kier molecular flexibility index (Phi) is 7.49. The zero-order valence-electron chi connectivity index (χ0n) is 15.8. The Morgan fingerprint density at radius 3 is 2.52 bits per heavy atom. The minimum Gasteiger partial charge on any atom is -0.497 e. The number of rotatable bonds is 8. The van der Waals surface area contributed by atoms with Crippen LogP contribution in [0.25, 0.3) is 0 Å². The Morgan fingerprint density at radius 2 is 1.93 bits per heavy atom. The van der Waals surface area contributed by atoms with Crippen LogP contribution in [0, 0.1) is 0 Å². The van der Waals surface area contributed by atoms with Crippen LogP contribution in [-0.4, -0.2) is 43.4 Å². The number of nitrogens with zero attached hydrogens (tertiary/aromatic N) is 2. The summed E-state index contributed by atoms with van der Waals surface area (Å²) in [5.74, 6) is -2.37. The van der Waals surface area contributed by atoms with E-state index in [1.807, 2.05) is 0 Å². The normalized spacial score (nSPS) is 12.2. The van der Waals surface area contributed by atoms with Crippen molar-refractivity contribution in [1.29, 1.82) is 0 Å². The zero-order valence-corrected chi connectivity index (χ0v) is 16.6. The van der Waals surface area contributed by atoms with Gasteiger partial charge in [0.1, 0.15) is 28.8 Å². The Morgan fingerprint density at radius 1 is 1.21 bits per heavy atom. The van der Waals surface area contributed by atoms with E-state index in [0.29, 0.717) is 17.1 Å². The molecule has 0 amide bonds. The highest BCUT2D eigenvalue weighted by atomic mass is 35.5. The van der Waals surface area contributed by atoms with E-state index in [0.717, 1.165) is 13.4 Å². The maximum Gasteiger partial charge on any atom is 0.396 e. The summed E-state index contributed by atoms with van der Waals surface area (Å²) in [5.41, 5.74) is 0.213. The van der Waals surface area contributed by atoms with Crippen LogP contribution in [-0.2, 0) is 16.1 Å². The van der Waals surface area contributed by atoms with Crippen molar-refractivity contribution in [1.82, 2.24) is 9.97 Å². The number of halogens is 4. The van der Waals surface area contributed by atoms with E-state index in [9.17, 15) is 18.0 Å². The van der Waals surface area contributed by atoms with Crippen molar-refractivity contribution in [3.63, 3.8) is 0 Å². The van der Waals surface area contributed by atoms with Gasteiger partial charge in [-0.3, -0.25) is 4.79 Å². The van der Waals surface area contributed by atoms with Gasteiger partial charge < -0.3 is 19.5 Å². The summed E-state index contributed by atoms with van der Waals surface area (Å²) < 4.78 is 55.7. The van der Waals surface area contributed by atoms with Gasteiger partial charge in [-0.15, -0.1) is 0 Å². The first-order valence-corrected chi connectivity index (χ1v) is 8.67. The molecule has 1 heterocycles. The number of hydrogen-bond acceptors (Lipinski definition) is 7. The van der Waals surface area contributed by atoms with Crippen molar-refractivity contribution in [2.45, 2.75) is 25.1 Å². The molecule has 1 aromatic heterocycles. The van der Waals surface area contributed by atoms with E-state index in [-0.39, 0.29) is 12.4 Å². The average Bonchev–Trinajstić information content (AvgIpc) is 2.69. The number of esters is 1. The monoisotopic (exact) mass is 433 g/mol. The topological polar surface area (TPSA) is 82.6 Å². The van der Waals surface area contributed by atoms with Crippen LogP contribution in [0.1, 0.15) is 23.5 Å². The molecular formula is C18H19ClF3N3O4. The lowest BCUT2D eigenvalue weighted by Crippen LogP contribution is -2.26. The quantitative estimate of drug-likeness (QED) is 0.498. The summed E-state index contributed by atoms with van der Waals surface area (Å²) in [6.07, 6.45) is -4.69. The molecule has 0 aliphatic heterocycles. The first kappa shape index (κ1) is 22.5. The smallest absolute Gasteiger partial charge is 0.396 e. The SMILES string of the molecule is COC(=O)CC(c1c(Cl)ncnc1NCc1ccc(OC)cc1OC)C(F)(F)F. The second-order valence-electron chi connectivity index (χ2n) is 5.83. The molecule has 0 fully saturated rings. The van der Waals surface area contributed by atoms with Gasteiger partial charge in [-0.25, -0.2) is 9.97 Å². The number of anilines is 1. The molecule has 0 saturated carbocycles. The molecule has 1 atom stereocenters. The predicted octanol–water partition coefficient (Wildman–Crippen LogP) is 3.97. The maximum atomic E-state index is 13.6. The third-order valence-corrected chi connectivity index (χ3v) is 4.42. The lowest BCUT2D eigenvalue weighted by atomic mass is 9.96. The summed E-state index contributed by atoms with van der Waals surface area (Å²) >= 11 is 5.95. The van der Waals surface area contributed by atoms with Gasteiger partial charge in [0.25, 0.3) is 0 Å². The molecule has 158 valence electrons. The molecule has 7 nitrogen and oxygen atoms in total. The van der Waals surface area contributed by atoms with Gasteiger partial charge in [-0.05, 0) is 12.1 Å². The molecule has 0 aliphatic carbocycles. The lowest BCUT2D eigenvalue weighted by molar-refractivity contribution is -0.164. The molecule has 0 radical (unpaired) electrons. The van der Waals surface area contributed by atoms with E-state index < -0.39 is 35.2 Å². The van der Waals surface area contributed by atoms with Crippen molar-refractivity contribution in [3.8, 4) is 11.5 Å². The van der Waals surface area contributed by atoms with E-state index in [1.165, 1.54) is 14.2 Å². The molecule has 11 heteroatoms. The van der Waals surface area contributed by atoms with Crippen molar-refractivity contribution >= 4 is 23.4 Å². The fraction of sp³-hybridized carbons (Fsp3) is 0.389. The zero-order chi connectivity index (χ0) is 21.6. The summed E-state index contributed by atoms with van der Waals surface area (Å²) in [4.78, 5) is 19.1. The van der Waals surface area contributed by atoms with Crippen LogP contribution in [0.15, 0.2) is 24.5 Å². The first-order valence-electron chi connectivity index (χ1n) is 8.30. The summed E-state index contributed by atoms with van der Waals surface area (Å²) in [7, 11) is 3.97. The third kappa shape index (κ3) is 5.63. The molecule has 1 aromatic carbocycles. The highest BCUT2D eigenvalue weighted by Gasteiger charge is 2.45. The van der Waals surface area contributed by atoms with Crippen LogP contribution in [0.5, 0.6) is 11.5 Å². The molecule has 29 heavy (non-hydrogen) atoms. The number of benzene rings is 1. The minimum absolute atomic E-state index is 0.0797. The minimum atomic E-state index is -4.77. The van der Waals surface area contributed by atoms with Gasteiger partial charge >= 0.3 is 12.1 Å². The van der Waals surface area contributed by atoms with Crippen LogP contribution < -0.4 is 14.8 Å². The van der Waals surface area contributed by atoms with Gasteiger partial charge in [0.2, 0.25) is 0 Å². The molecule has 0 saturated heterocycles. The number of aromatic nitrogens is 2. The van der Waals surface area contributed by atoms with Crippen LogP contribution in [0.4, 0.5) is 19.0 Å². The molecule has 1 unspecified atom stereocenters. The highest BCUT2D eigenvalue weighted by Crippen LogP contribution is 2.42. The van der Waals surface area contributed by atoms with E-state index in [2.05, 4.69) is 20.0 Å². The van der Waals surface area contributed by atoms with Crippen LogP contribution >= 0.6 is 11.6 Å². The third-order valence-electron chi connectivity index (χ3n) is 4.12. The van der Waals surface area contributed by atoms with E-state index >= 15 is 0 Å². The standard InChI is InChI=1S/C18H19ClF3N3O4/c1-27-11-5-4-10(13(6-11)28-2)8-23-17-15(16(19)24-9-25-17)12(18(20,21)22)7-14(26)29-3/h4-6,9,12H,7-8H2,1-3H3,(H,23,24,25). The van der Waals surface area contributed by atoms with Gasteiger partial charge in [0.05, 0.1) is 33.7 Å². The summed E-state index contributed by atoms with van der Waals surface area (Å²) in [5, 5.41) is 2.41. The molecule has 0 bridgehead atoms. The number of alkyl halides is 3. The summed E-state index contributed by atoms with van der Waals surface area (Å²) in [6, 6.07) is 5.02. The van der Waals surface area contributed by atoms with E-state index in [4.69, 9.17) is 21.1 Å². The van der Waals surface area contributed by atoms with E-state index in [1.54, 1.807) is 18.2 Å². The fourth-order valence-corrected chi connectivity index (χ4v) is 2.90. The molecule has 1 N–H and O–H groups in total. The number of hydrogen-bond donors (Lipinski definition) is 1. The maximum absolute atomic E-state index is 13.6. The second kappa shape index (κ2) is 9.64. The Balaban J connectivity index is 2.38. The van der Waals surface area contributed by atoms with Gasteiger partial charge in [0.15, 0.2) is 0 Å². The number of methoxy groups -OCH3 is 3. The van der Waals surface area contributed by atoms with Crippen LogP contribution in [0.3, 0.4) is 0 Å². The van der Waals surface area contributed by atoms with Gasteiger partial charge in [0, 0.05) is 23.7 Å². The first-order chi connectivity index (χ1) is 13.7. The average molecular weight is 434 g/mol. The molecule has 0 aliphatic rings. The molecule has 2 aromatic rings. The van der Waals surface area contributed by atoms with Crippen molar-refractivity contribution in [3.05, 3.63) is 40.8 Å². The summed E-state index contributed by atoms with van der Waals surface area (Å²) in [6.45, 7) is 0.0797. The number of ether oxygens (including phenoxy) is 3. The van der Waals surface area contributed by atoms with Gasteiger partial charge in [-0.1, -0.05) is 11.6 Å². The van der Waals surface area contributed by atoms with Crippen molar-refractivity contribution in [2.24, 2.45) is 0 Å².